The number of ether oxygens (including phenoxy) is 2. The molecular formula is C21H17ClN2O5S2. The lowest BCUT2D eigenvalue weighted by molar-refractivity contribution is -0.385. The summed E-state index contributed by atoms with van der Waals surface area (Å²) >= 11 is 12.8. The third-order valence-corrected chi connectivity index (χ3v) is 5.95. The standard InChI is InChI=1S/C21H17ClN2O5S2/c1-3-8-23-20(25)18(31-21(23)30)11-13-9-15(22)19(17(10-13)28-2)29-12-14-6-4-5-7-16(14)24(26)27/h3-7,9-11H,1,8,12H2,2H3. The number of thiocarbonyl (C=S) groups is 1. The van der Waals surface area contributed by atoms with Gasteiger partial charge in [0.15, 0.2) is 11.5 Å². The predicted octanol–water partition coefficient (Wildman–Crippen LogP) is 5.22. The van der Waals surface area contributed by atoms with E-state index in [1.54, 1.807) is 42.5 Å². The molecule has 0 N–H and O–H groups in total. The van der Waals surface area contributed by atoms with Crippen LogP contribution in [0.25, 0.3) is 6.08 Å². The maximum absolute atomic E-state index is 12.5. The number of thioether (sulfide) groups is 1. The van der Waals surface area contributed by atoms with Crippen molar-refractivity contribution < 1.29 is 19.2 Å². The van der Waals surface area contributed by atoms with Crippen molar-refractivity contribution in [3.05, 3.63) is 80.2 Å². The Morgan fingerprint density at radius 1 is 1.35 bits per heavy atom. The zero-order valence-electron chi connectivity index (χ0n) is 16.4. The first kappa shape index (κ1) is 22.8. The highest BCUT2D eigenvalue weighted by Gasteiger charge is 2.31. The number of para-hydroxylation sites is 1. The van der Waals surface area contributed by atoms with E-state index in [9.17, 15) is 14.9 Å². The summed E-state index contributed by atoms with van der Waals surface area (Å²) in [6.45, 7) is 3.91. The van der Waals surface area contributed by atoms with E-state index >= 15 is 0 Å². The summed E-state index contributed by atoms with van der Waals surface area (Å²) in [6, 6.07) is 9.58. The fraction of sp³-hybridized carbons (Fsp3) is 0.143. The molecule has 160 valence electrons. The largest absolute Gasteiger partial charge is 0.493 e. The molecule has 1 amide bonds. The van der Waals surface area contributed by atoms with Gasteiger partial charge in [-0.3, -0.25) is 19.8 Å². The SMILES string of the molecule is C=CCN1C(=O)C(=Cc2cc(Cl)c(OCc3ccccc3[N+](=O)[O-])c(OC)c2)SC1=S. The van der Waals surface area contributed by atoms with Gasteiger partial charge < -0.3 is 9.47 Å². The predicted molar refractivity (Wildman–Crippen MR) is 126 cm³/mol. The molecule has 1 aliphatic rings. The van der Waals surface area contributed by atoms with Gasteiger partial charge in [0.2, 0.25) is 0 Å². The first-order chi connectivity index (χ1) is 14.8. The number of rotatable bonds is 8. The van der Waals surface area contributed by atoms with Crippen molar-refractivity contribution in [1.29, 1.82) is 0 Å². The van der Waals surface area contributed by atoms with Crippen LogP contribution in [0.1, 0.15) is 11.1 Å². The molecule has 1 saturated heterocycles. The van der Waals surface area contributed by atoms with Gasteiger partial charge in [0.25, 0.3) is 11.6 Å². The first-order valence-electron chi connectivity index (χ1n) is 8.94. The minimum atomic E-state index is -0.469. The monoisotopic (exact) mass is 476 g/mol. The number of amides is 1. The Kier molecular flexibility index (Phi) is 7.32. The van der Waals surface area contributed by atoms with Gasteiger partial charge in [0.1, 0.15) is 10.9 Å². The van der Waals surface area contributed by atoms with Crippen LogP contribution in [-0.4, -0.2) is 33.7 Å². The van der Waals surface area contributed by atoms with Crippen molar-refractivity contribution in [2.75, 3.05) is 13.7 Å². The highest BCUT2D eigenvalue weighted by molar-refractivity contribution is 8.26. The maximum atomic E-state index is 12.5. The molecule has 0 bridgehead atoms. The first-order valence-corrected chi connectivity index (χ1v) is 10.5. The molecule has 0 saturated carbocycles. The van der Waals surface area contributed by atoms with Crippen molar-refractivity contribution in [2.45, 2.75) is 6.61 Å². The van der Waals surface area contributed by atoms with Crippen LogP contribution < -0.4 is 9.47 Å². The minimum absolute atomic E-state index is 0.0456. The summed E-state index contributed by atoms with van der Waals surface area (Å²) in [5.41, 5.74) is 0.982. The van der Waals surface area contributed by atoms with E-state index in [0.717, 1.165) is 0 Å². The van der Waals surface area contributed by atoms with Gasteiger partial charge >= 0.3 is 0 Å². The molecule has 2 aromatic carbocycles. The molecule has 10 heteroatoms. The van der Waals surface area contributed by atoms with Crippen LogP contribution in [0.3, 0.4) is 0 Å². The lowest BCUT2D eigenvalue weighted by atomic mass is 10.1. The van der Waals surface area contributed by atoms with Gasteiger partial charge in [-0.05, 0) is 29.8 Å². The van der Waals surface area contributed by atoms with Crippen molar-refractivity contribution in [3.63, 3.8) is 0 Å². The highest BCUT2D eigenvalue weighted by atomic mass is 35.5. The quantitative estimate of drug-likeness (QED) is 0.170. The summed E-state index contributed by atoms with van der Waals surface area (Å²) in [5.74, 6) is 0.374. The number of nitro groups is 1. The molecule has 1 heterocycles. The number of methoxy groups -OCH3 is 1. The van der Waals surface area contributed by atoms with Gasteiger partial charge in [-0.15, -0.1) is 6.58 Å². The second-order valence-electron chi connectivity index (χ2n) is 6.29. The number of hydrogen-bond donors (Lipinski definition) is 0. The van der Waals surface area contributed by atoms with Crippen LogP contribution in [0, 0.1) is 10.1 Å². The molecule has 0 spiro atoms. The molecule has 0 radical (unpaired) electrons. The lowest BCUT2D eigenvalue weighted by Gasteiger charge is -2.14. The van der Waals surface area contributed by atoms with Crippen molar-refractivity contribution >= 4 is 57.6 Å². The zero-order valence-corrected chi connectivity index (χ0v) is 18.8. The van der Waals surface area contributed by atoms with Crippen LogP contribution in [0.15, 0.2) is 54.0 Å². The Morgan fingerprint density at radius 2 is 2.10 bits per heavy atom. The van der Waals surface area contributed by atoms with Crippen LogP contribution in [0.4, 0.5) is 5.69 Å². The summed E-state index contributed by atoms with van der Waals surface area (Å²) in [7, 11) is 1.46. The number of nitrogens with zero attached hydrogens (tertiary/aromatic N) is 2. The molecule has 0 aliphatic carbocycles. The summed E-state index contributed by atoms with van der Waals surface area (Å²) < 4.78 is 11.6. The highest BCUT2D eigenvalue weighted by Crippen LogP contribution is 2.39. The fourth-order valence-electron chi connectivity index (χ4n) is 2.86. The van der Waals surface area contributed by atoms with Gasteiger partial charge in [-0.2, -0.15) is 0 Å². The van der Waals surface area contributed by atoms with Crippen molar-refractivity contribution in [3.8, 4) is 11.5 Å². The lowest BCUT2D eigenvalue weighted by Crippen LogP contribution is -2.27. The third kappa shape index (κ3) is 5.07. The van der Waals surface area contributed by atoms with Gasteiger partial charge in [-0.1, -0.05) is 53.8 Å². The molecule has 0 unspecified atom stereocenters. The van der Waals surface area contributed by atoms with E-state index in [0.29, 0.717) is 32.6 Å². The number of carbonyl (C=O) groups is 1. The Bertz CT molecular complexity index is 1100. The molecule has 7 nitrogen and oxygen atoms in total. The third-order valence-electron chi connectivity index (χ3n) is 4.30. The van der Waals surface area contributed by atoms with E-state index in [4.69, 9.17) is 33.3 Å². The van der Waals surface area contributed by atoms with Crippen molar-refractivity contribution in [1.82, 2.24) is 4.90 Å². The maximum Gasteiger partial charge on any atom is 0.276 e. The van der Waals surface area contributed by atoms with Crippen LogP contribution in [0.2, 0.25) is 5.02 Å². The second-order valence-corrected chi connectivity index (χ2v) is 8.37. The van der Waals surface area contributed by atoms with E-state index in [1.807, 2.05) is 0 Å². The number of benzene rings is 2. The Labute approximate surface area is 193 Å². The molecule has 3 rings (SSSR count). The van der Waals surface area contributed by atoms with Gasteiger partial charge in [0.05, 0.1) is 27.5 Å². The average Bonchev–Trinajstić information content (AvgIpc) is 3.00. The van der Waals surface area contributed by atoms with Crippen LogP contribution in [0.5, 0.6) is 11.5 Å². The molecule has 1 aliphatic heterocycles. The smallest absolute Gasteiger partial charge is 0.276 e. The van der Waals surface area contributed by atoms with Gasteiger partial charge in [0, 0.05) is 12.6 Å². The van der Waals surface area contributed by atoms with E-state index in [2.05, 4.69) is 6.58 Å². The molecule has 0 aromatic heterocycles. The van der Waals surface area contributed by atoms with Crippen LogP contribution in [-0.2, 0) is 11.4 Å². The molecular weight excluding hydrogens is 460 g/mol. The Hall–Kier alpha value is -2.88. The molecule has 2 aromatic rings. The normalized spacial score (nSPS) is 14.8. The van der Waals surface area contributed by atoms with Crippen molar-refractivity contribution in [2.24, 2.45) is 0 Å². The number of halogens is 1. The fourth-order valence-corrected chi connectivity index (χ4v) is 4.41. The summed E-state index contributed by atoms with van der Waals surface area (Å²) in [6.07, 6.45) is 3.28. The molecule has 0 atom stereocenters. The topological polar surface area (TPSA) is 81.9 Å². The van der Waals surface area contributed by atoms with E-state index in [-0.39, 0.29) is 29.0 Å². The molecule has 1 fully saturated rings. The van der Waals surface area contributed by atoms with Crippen LogP contribution >= 0.6 is 35.6 Å². The number of nitro benzene ring substituents is 1. The minimum Gasteiger partial charge on any atom is -0.493 e. The summed E-state index contributed by atoms with van der Waals surface area (Å²) in [5, 5.41) is 11.4. The number of carbonyl (C=O) groups excluding carboxylic acids is 1. The molecule has 31 heavy (non-hydrogen) atoms. The Morgan fingerprint density at radius 3 is 2.77 bits per heavy atom. The zero-order chi connectivity index (χ0) is 22.5. The second kappa shape index (κ2) is 9.95. The van der Waals surface area contributed by atoms with E-state index in [1.165, 1.54) is 29.8 Å². The Balaban J connectivity index is 1.86. The average molecular weight is 477 g/mol. The van der Waals surface area contributed by atoms with E-state index < -0.39 is 4.92 Å². The van der Waals surface area contributed by atoms with Gasteiger partial charge in [-0.25, -0.2) is 0 Å². The number of hydrogen-bond acceptors (Lipinski definition) is 7. The summed E-state index contributed by atoms with van der Waals surface area (Å²) in [4.78, 5) is 25.2.